The van der Waals surface area contributed by atoms with Crippen LogP contribution in [-0.4, -0.2) is 49.1 Å². The maximum absolute atomic E-state index is 13.0. The van der Waals surface area contributed by atoms with E-state index >= 15 is 0 Å². The summed E-state index contributed by atoms with van der Waals surface area (Å²) in [5.41, 5.74) is 0.507. The van der Waals surface area contributed by atoms with E-state index in [1.807, 2.05) is 0 Å². The molecule has 24 heavy (non-hydrogen) atoms. The van der Waals surface area contributed by atoms with Crippen molar-refractivity contribution in [1.82, 2.24) is 10.2 Å². The summed E-state index contributed by atoms with van der Waals surface area (Å²) >= 11 is 0. The van der Waals surface area contributed by atoms with Gasteiger partial charge in [0.25, 0.3) is 0 Å². The molecule has 0 aromatic heterocycles. The number of benzene rings is 1. The summed E-state index contributed by atoms with van der Waals surface area (Å²) in [7, 11) is 0. The fraction of sp³-hybridized carbons (Fsp3) is 0.556. The van der Waals surface area contributed by atoms with Crippen molar-refractivity contribution in [3.63, 3.8) is 0 Å². The van der Waals surface area contributed by atoms with E-state index in [0.29, 0.717) is 31.9 Å². The van der Waals surface area contributed by atoms with E-state index in [0.717, 1.165) is 25.7 Å². The number of carbonyl (C=O) groups excluding carboxylic acids is 2. The molecule has 2 heterocycles. The van der Waals surface area contributed by atoms with Gasteiger partial charge in [-0.3, -0.25) is 4.79 Å². The monoisotopic (exact) mass is 334 g/mol. The quantitative estimate of drug-likeness (QED) is 0.865. The van der Waals surface area contributed by atoms with Crippen molar-refractivity contribution in [1.29, 1.82) is 0 Å². The van der Waals surface area contributed by atoms with Gasteiger partial charge in [0.15, 0.2) is 5.78 Å². The highest BCUT2D eigenvalue weighted by molar-refractivity contribution is 5.98. The molecule has 2 saturated heterocycles. The zero-order chi connectivity index (χ0) is 16.9. The van der Waals surface area contributed by atoms with Gasteiger partial charge in [-0.25, -0.2) is 9.18 Å². The van der Waals surface area contributed by atoms with Gasteiger partial charge >= 0.3 is 6.03 Å². The van der Waals surface area contributed by atoms with Crippen LogP contribution in [0, 0.1) is 11.7 Å². The molecular formula is C18H23FN2O3. The fourth-order valence-electron chi connectivity index (χ4n) is 3.33. The molecule has 6 heteroatoms. The number of hydrogen-bond donors (Lipinski definition) is 1. The lowest BCUT2D eigenvalue weighted by atomic mass is 9.90. The van der Waals surface area contributed by atoms with E-state index in [1.54, 1.807) is 4.90 Å². The Bertz CT molecular complexity index is 584. The number of nitrogens with zero attached hydrogens (tertiary/aromatic N) is 1. The molecule has 130 valence electrons. The Balaban J connectivity index is 1.58. The van der Waals surface area contributed by atoms with Crippen molar-refractivity contribution in [2.24, 2.45) is 5.92 Å². The van der Waals surface area contributed by atoms with E-state index in [9.17, 15) is 14.0 Å². The highest BCUT2D eigenvalue weighted by Crippen LogP contribution is 2.21. The first-order valence-electron chi connectivity index (χ1n) is 8.56. The second kappa shape index (κ2) is 7.75. The topological polar surface area (TPSA) is 58.6 Å². The van der Waals surface area contributed by atoms with E-state index in [4.69, 9.17) is 4.74 Å². The summed E-state index contributed by atoms with van der Waals surface area (Å²) in [5, 5.41) is 3.04. The fourth-order valence-corrected chi connectivity index (χ4v) is 3.33. The number of urea groups is 1. The smallest absolute Gasteiger partial charge is 0.317 e. The van der Waals surface area contributed by atoms with Crippen molar-refractivity contribution < 1.29 is 18.7 Å². The Morgan fingerprint density at radius 3 is 2.54 bits per heavy atom. The lowest BCUT2D eigenvalue weighted by Gasteiger charge is -2.34. The number of piperidine rings is 1. The largest absolute Gasteiger partial charge is 0.381 e. The van der Waals surface area contributed by atoms with Gasteiger partial charge in [0.05, 0.1) is 0 Å². The summed E-state index contributed by atoms with van der Waals surface area (Å²) in [6.45, 7) is 2.45. The first-order valence-corrected chi connectivity index (χ1v) is 8.56. The number of hydrogen-bond acceptors (Lipinski definition) is 3. The van der Waals surface area contributed by atoms with Crippen molar-refractivity contribution >= 4 is 11.8 Å². The second-order valence-electron chi connectivity index (χ2n) is 6.49. The zero-order valence-electron chi connectivity index (χ0n) is 13.7. The average Bonchev–Trinajstić information content (AvgIpc) is 2.63. The van der Waals surface area contributed by atoms with Gasteiger partial charge in [0.1, 0.15) is 5.82 Å². The lowest BCUT2D eigenvalue weighted by molar-refractivity contribution is 0.0750. The summed E-state index contributed by atoms with van der Waals surface area (Å²) in [5.74, 6) is -0.587. The molecule has 2 aliphatic heterocycles. The van der Waals surface area contributed by atoms with Crippen molar-refractivity contribution in [3.05, 3.63) is 35.6 Å². The Morgan fingerprint density at radius 2 is 1.83 bits per heavy atom. The van der Waals surface area contributed by atoms with E-state index < -0.39 is 0 Å². The van der Waals surface area contributed by atoms with E-state index in [2.05, 4.69) is 5.32 Å². The van der Waals surface area contributed by atoms with Gasteiger partial charge in [-0.15, -0.1) is 0 Å². The molecule has 1 aromatic carbocycles. The normalized spacial score (nSPS) is 22.2. The molecule has 0 unspecified atom stereocenters. The van der Waals surface area contributed by atoms with Crippen LogP contribution in [0.3, 0.4) is 0 Å². The number of Topliss-reactive ketones (excluding diaryl/α,β-unsaturated/α-hetero) is 1. The molecule has 3 rings (SSSR count). The molecule has 5 nitrogen and oxygen atoms in total. The molecule has 2 fully saturated rings. The summed E-state index contributed by atoms with van der Waals surface area (Å²) < 4.78 is 18.3. The number of nitrogens with one attached hydrogen (secondary N) is 1. The van der Waals surface area contributed by atoms with Crippen LogP contribution in [0.15, 0.2) is 24.3 Å². The van der Waals surface area contributed by atoms with E-state index in [-0.39, 0.29) is 29.6 Å². The molecule has 0 aliphatic carbocycles. The zero-order valence-corrected chi connectivity index (χ0v) is 13.7. The predicted octanol–water partition coefficient (Wildman–Crippen LogP) is 2.61. The van der Waals surface area contributed by atoms with Gasteiger partial charge in [-0.1, -0.05) is 0 Å². The minimum absolute atomic E-state index is 0.0152. The first-order chi connectivity index (χ1) is 11.6. The molecule has 0 bridgehead atoms. The van der Waals surface area contributed by atoms with Crippen molar-refractivity contribution in [3.8, 4) is 0 Å². The van der Waals surface area contributed by atoms with Gasteiger partial charge < -0.3 is 15.0 Å². The van der Waals surface area contributed by atoms with Crippen LogP contribution >= 0.6 is 0 Å². The third kappa shape index (κ3) is 4.12. The molecule has 1 N–H and O–H groups in total. The second-order valence-corrected chi connectivity index (χ2v) is 6.49. The van der Waals surface area contributed by atoms with Crippen LogP contribution in [-0.2, 0) is 4.74 Å². The third-order valence-electron chi connectivity index (χ3n) is 4.76. The summed E-state index contributed by atoms with van der Waals surface area (Å²) in [4.78, 5) is 26.7. The first kappa shape index (κ1) is 16.9. The minimum Gasteiger partial charge on any atom is -0.381 e. The number of amides is 2. The molecule has 2 aliphatic rings. The highest BCUT2D eigenvalue weighted by Gasteiger charge is 2.30. The Hall–Kier alpha value is -1.95. The molecular weight excluding hydrogens is 311 g/mol. The number of rotatable bonds is 3. The van der Waals surface area contributed by atoms with Crippen LogP contribution in [0.4, 0.5) is 9.18 Å². The number of ketones is 1. The average molecular weight is 334 g/mol. The standard InChI is InChI=1S/C18H23FN2O3/c19-15-5-3-13(4-6-15)17(22)14-2-1-9-21(12-14)18(23)20-16-7-10-24-11-8-16/h3-6,14,16H,1-2,7-12H2,(H,20,23)/t14-/m0/s1. The number of carbonyl (C=O) groups is 2. The van der Waals surface area contributed by atoms with Crippen molar-refractivity contribution in [2.75, 3.05) is 26.3 Å². The van der Waals surface area contributed by atoms with E-state index in [1.165, 1.54) is 24.3 Å². The third-order valence-corrected chi connectivity index (χ3v) is 4.76. The Labute approximate surface area is 141 Å². The molecule has 0 radical (unpaired) electrons. The lowest BCUT2D eigenvalue weighted by Crippen LogP contribution is -2.50. The molecule has 1 aromatic rings. The van der Waals surface area contributed by atoms with Crippen molar-refractivity contribution in [2.45, 2.75) is 31.7 Å². The van der Waals surface area contributed by atoms with Crippen LogP contribution in [0.5, 0.6) is 0 Å². The van der Waals surface area contributed by atoms with Gasteiger partial charge in [-0.05, 0) is 49.9 Å². The summed E-state index contributed by atoms with van der Waals surface area (Å²) in [6.07, 6.45) is 3.23. The van der Waals surface area contributed by atoms with Crippen LogP contribution in [0.25, 0.3) is 0 Å². The molecule has 1 atom stereocenters. The molecule has 0 spiro atoms. The Morgan fingerprint density at radius 1 is 1.12 bits per heavy atom. The van der Waals surface area contributed by atoms with Crippen LogP contribution in [0.2, 0.25) is 0 Å². The maximum atomic E-state index is 13.0. The highest BCUT2D eigenvalue weighted by atomic mass is 19.1. The summed E-state index contributed by atoms with van der Waals surface area (Å²) in [6, 6.07) is 5.67. The molecule has 0 saturated carbocycles. The van der Waals surface area contributed by atoms with Crippen LogP contribution < -0.4 is 5.32 Å². The Kier molecular flexibility index (Phi) is 5.45. The molecule has 2 amide bonds. The minimum atomic E-state index is -0.354. The van der Waals surface area contributed by atoms with Gasteiger partial charge in [0.2, 0.25) is 0 Å². The SMILES string of the molecule is O=C(c1ccc(F)cc1)[C@H]1CCCN(C(=O)NC2CCOCC2)C1. The van der Waals surface area contributed by atoms with Crippen LogP contribution in [0.1, 0.15) is 36.0 Å². The predicted molar refractivity (Wildman–Crippen MR) is 87.4 cm³/mol. The van der Waals surface area contributed by atoms with Gasteiger partial charge in [-0.2, -0.15) is 0 Å². The number of likely N-dealkylation sites (tertiary alicyclic amines) is 1. The number of ether oxygens (including phenoxy) is 1. The number of halogens is 1. The maximum Gasteiger partial charge on any atom is 0.317 e. The van der Waals surface area contributed by atoms with Gasteiger partial charge in [0, 0.05) is 43.8 Å².